The highest BCUT2D eigenvalue weighted by Crippen LogP contribution is 2.10. The molecule has 0 fully saturated rings. The minimum absolute atomic E-state index is 0.765. The Labute approximate surface area is 129 Å². The number of carbonyl (C=O) groups excluding carboxylic acids is 1. The summed E-state index contributed by atoms with van der Waals surface area (Å²) in [6.45, 7) is 2.25. The van der Waals surface area contributed by atoms with E-state index in [1.54, 1.807) is 6.08 Å². The van der Waals surface area contributed by atoms with Gasteiger partial charge in [-0.25, -0.2) is 4.79 Å². The van der Waals surface area contributed by atoms with E-state index in [0.717, 1.165) is 12.5 Å². The van der Waals surface area contributed by atoms with E-state index in [-0.39, 0.29) is 0 Å². The highest BCUT2D eigenvalue weighted by molar-refractivity contribution is 5.81. The van der Waals surface area contributed by atoms with Crippen molar-refractivity contribution < 1.29 is 14.9 Å². The summed E-state index contributed by atoms with van der Waals surface area (Å²) in [5.74, 6) is -0.765. The van der Waals surface area contributed by atoms with Gasteiger partial charge in [-0.3, -0.25) is 4.89 Å². The van der Waals surface area contributed by atoms with Crippen molar-refractivity contribution in [3.05, 3.63) is 36.5 Å². The molecule has 0 unspecified atom stereocenters. The van der Waals surface area contributed by atoms with Gasteiger partial charge in [-0.2, -0.15) is 5.26 Å². The Morgan fingerprint density at radius 2 is 1.43 bits per heavy atom. The fraction of sp³-hybridized carbons (Fsp3) is 0.611. The largest absolute Gasteiger partial charge is 0.365 e. The van der Waals surface area contributed by atoms with Crippen LogP contribution in [0.15, 0.2) is 36.5 Å². The topological polar surface area (TPSA) is 46.5 Å². The first-order valence-corrected chi connectivity index (χ1v) is 8.16. The number of carbonyl (C=O) groups is 1. The van der Waals surface area contributed by atoms with Crippen LogP contribution in [0.5, 0.6) is 0 Å². The van der Waals surface area contributed by atoms with Crippen LogP contribution in [0.1, 0.15) is 71.1 Å². The van der Waals surface area contributed by atoms with Crippen molar-refractivity contribution in [3.63, 3.8) is 0 Å². The van der Waals surface area contributed by atoms with Crippen LogP contribution in [0.4, 0.5) is 0 Å². The third-order valence-electron chi connectivity index (χ3n) is 3.27. The van der Waals surface area contributed by atoms with Crippen molar-refractivity contribution in [1.82, 2.24) is 0 Å². The van der Waals surface area contributed by atoms with Gasteiger partial charge in [0.25, 0.3) is 0 Å². The Hall–Kier alpha value is -1.35. The van der Waals surface area contributed by atoms with Gasteiger partial charge in [-0.15, -0.1) is 0 Å². The quantitative estimate of drug-likeness (QED) is 0.158. The van der Waals surface area contributed by atoms with Gasteiger partial charge in [0.05, 0.1) is 0 Å². The summed E-state index contributed by atoms with van der Waals surface area (Å²) in [5, 5.41) is 8.01. The molecule has 3 heteroatoms. The summed E-state index contributed by atoms with van der Waals surface area (Å²) in [7, 11) is 0. The highest BCUT2D eigenvalue weighted by atomic mass is 17.1. The maximum Gasteiger partial charge on any atom is 0.365 e. The van der Waals surface area contributed by atoms with E-state index in [0.29, 0.717) is 0 Å². The second kappa shape index (κ2) is 16.7. The van der Waals surface area contributed by atoms with E-state index in [2.05, 4.69) is 17.9 Å². The third-order valence-corrected chi connectivity index (χ3v) is 3.27. The molecular formula is C18H30O3. The molecule has 21 heavy (non-hydrogen) atoms. The van der Waals surface area contributed by atoms with Gasteiger partial charge in [-0.05, 0) is 12.8 Å². The van der Waals surface area contributed by atoms with Gasteiger partial charge in [0, 0.05) is 6.08 Å². The summed E-state index contributed by atoms with van der Waals surface area (Å²) in [6.07, 6.45) is 23.6. The van der Waals surface area contributed by atoms with E-state index in [1.165, 1.54) is 63.9 Å². The Kier molecular flexibility index (Phi) is 15.6. The van der Waals surface area contributed by atoms with E-state index in [9.17, 15) is 4.79 Å². The molecule has 0 rings (SSSR count). The van der Waals surface area contributed by atoms with Crippen LogP contribution < -0.4 is 0 Å². The zero-order valence-corrected chi connectivity index (χ0v) is 13.3. The van der Waals surface area contributed by atoms with Crippen molar-refractivity contribution >= 4 is 5.97 Å². The summed E-state index contributed by atoms with van der Waals surface area (Å²) < 4.78 is 0. The summed E-state index contributed by atoms with van der Waals surface area (Å²) >= 11 is 0. The van der Waals surface area contributed by atoms with Crippen LogP contribution in [-0.4, -0.2) is 11.2 Å². The lowest BCUT2D eigenvalue weighted by Crippen LogP contribution is -1.93. The molecule has 0 aliphatic carbocycles. The lowest BCUT2D eigenvalue weighted by molar-refractivity contribution is -0.228. The minimum Gasteiger partial charge on any atom is -0.296 e. The first-order chi connectivity index (χ1) is 10.3. The second-order valence-electron chi connectivity index (χ2n) is 5.20. The molecule has 0 aromatic rings. The van der Waals surface area contributed by atoms with Crippen molar-refractivity contribution in [2.75, 3.05) is 0 Å². The van der Waals surface area contributed by atoms with Crippen LogP contribution in [-0.2, 0) is 9.68 Å². The standard InChI is InChI=1S/C18H30O3/c1-2-3-4-5-6-7-8-9-10-11-12-13-14-15-16-17-18(19)21-20/h12-17,20H,2-11H2,1H3. The molecule has 0 atom stereocenters. The second-order valence-corrected chi connectivity index (χ2v) is 5.20. The zero-order valence-electron chi connectivity index (χ0n) is 13.3. The van der Waals surface area contributed by atoms with Crippen molar-refractivity contribution in [2.24, 2.45) is 0 Å². The molecule has 0 aliphatic heterocycles. The average Bonchev–Trinajstić information content (AvgIpc) is 2.50. The van der Waals surface area contributed by atoms with Crippen LogP contribution in [0.25, 0.3) is 0 Å². The van der Waals surface area contributed by atoms with Crippen LogP contribution in [0, 0.1) is 0 Å². The Bertz CT molecular complexity index is 316. The molecule has 0 spiro atoms. The number of hydrogen-bond donors (Lipinski definition) is 1. The maximum absolute atomic E-state index is 10.5. The van der Waals surface area contributed by atoms with Gasteiger partial charge in [0.2, 0.25) is 0 Å². The lowest BCUT2D eigenvalue weighted by atomic mass is 10.1. The predicted octanol–water partition coefficient (Wildman–Crippen LogP) is 5.59. The molecule has 0 bridgehead atoms. The molecule has 0 aliphatic rings. The molecule has 0 amide bonds. The zero-order chi connectivity index (χ0) is 15.6. The first-order valence-electron chi connectivity index (χ1n) is 8.16. The highest BCUT2D eigenvalue weighted by Gasteiger charge is 1.91. The van der Waals surface area contributed by atoms with Crippen molar-refractivity contribution in [3.8, 4) is 0 Å². The Morgan fingerprint density at radius 3 is 2.05 bits per heavy atom. The molecule has 0 aromatic heterocycles. The number of rotatable bonds is 13. The molecule has 0 heterocycles. The molecule has 0 aromatic carbocycles. The monoisotopic (exact) mass is 294 g/mol. The lowest BCUT2D eigenvalue weighted by Gasteiger charge is -2.00. The van der Waals surface area contributed by atoms with Gasteiger partial charge in [0.1, 0.15) is 0 Å². The van der Waals surface area contributed by atoms with E-state index in [4.69, 9.17) is 5.26 Å². The fourth-order valence-electron chi connectivity index (χ4n) is 2.04. The van der Waals surface area contributed by atoms with Crippen molar-refractivity contribution in [2.45, 2.75) is 71.1 Å². The third kappa shape index (κ3) is 16.6. The van der Waals surface area contributed by atoms with Crippen LogP contribution >= 0.6 is 0 Å². The van der Waals surface area contributed by atoms with Crippen molar-refractivity contribution in [1.29, 1.82) is 0 Å². The number of hydrogen-bond acceptors (Lipinski definition) is 3. The van der Waals surface area contributed by atoms with Crippen LogP contribution in [0.2, 0.25) is 0 Å². The maximum atomic E-state index is 10.5. The van der Waals surface area contributed by atoms with Crippen LogP contribution in [0.3, 0.4) is 0 Å². The molecular weight excluding hydrogens is 264 g/mol. The van der Waals surface area contributed by atoms with E-state index < -0.39 is 5.97 Å². The normalized spacial score (nSPS) is 11.9. The SMILES string of the molecule is CCCCCCCCCCCC=CC=CC=CC(=O)OO. The number of allylic oxidation sites excluding steroid dienone is 5. The fourth-order valence-corrected chi connectivity index (χ4v) is 2.04. The van der Waals surface area contributed by atoms with E-state index in [1.807, 2.05) is 12.2 Å². The molecule has 1 N–H and O–H groups in total. The Balaban J connectivity index is 3.31. The van der Waals surface area contributed by atoms with Gasteiger partial charge in [0.15, 0.2) is 0 Å². The first kappa shape index (κ1) is 19.7. The molecule has 0 radical (unpaired) electrons. The van der Waals surface area contributed by atoms with Gasteiger partial charge in [-0.1, -0.05) is 88.7 Å². The minimum atomic E-state index is -0.765. The van der Waals surface area contributed by atoms with Gasteiger partial charge >= 0.3 is 5.97 Å². The average molecular weight is 294 g/mol. The van der Waals surface area contributed by atoms with Gasteiger partial charge < -0.3 is 0 Å². The summed E-state index contributed by atoms with van der Waals surface area (Å²) in [4.78, 5) is 14.0. The number of unbranched alkanes of at least 4 members (excludes halogenated alkanes) is 9. The smallest absolute Gasteiger partial charge is 0.296 e. The summed E-state index contributed by atoms with van der Waals surface area (Å²) in [6, 6.07) is 0. The Morgan fingerprint density at radius 1 is 0.857 bits per heavy atom. The molecule has 3 nitrogen and oxygen atoms in total. The molecule has 0 saturated carbocycles. The molecule has 0 saturated heterocycles. The van der Waals surface area contributed by atoms with E-state index >= 15 is 0 Å². The predicted molar refractivity (Wildman–Crippen MR) is 88.0 cm³/mol. The molecule has 120 valence electrons. The summed E-state index contributed by atoms with van der Waals surface area (Å²) in [5.41, 5.74) is 0.